The van der Waals surface area contributed by atoms with Crippen molar-refractivity contribution in [1.29, 1.82) is 0 Å². The topological polar surface area (TPSA) is 32.8 Å². The number of hydrogen-bond acceptors (Lipinski definition) is 3. The molecule has 0 spiro atoms. The van der Waals surface area contributed by atoms with Crippen LogP contribution in [0.2, 0.25) is 5.02 Å². The van der Waals surface area contributed by atoms with Crippen molar-refractivity contribution in [2.24, 2.45) is 0 Å². The Bertz CT molecular complexity index is 947. The number of carbonyl (C=O) groups excluding carboxylic acids is 1. The zero-order valence-corrected chi connectivity index (χ0v) is 19.5. The van der Waals surface area contributed by atoms with Crippen molar-refractivity contribution >= 4 is 17.5 Å². The molecule has 2 aromatic rings. The van der Waals surface area contributed by atoms with Crippen LogP contribution in [0.5, 0.6) is 0 Å². The average Bonchev–Trinajstić information content (AvgIpc) is 2.77. The zero-order valence-electron chi connectivity index (χ0n) is 18.7. The van der Waals surface area contributed by atoms with Gasteiger partial charge in [-0.05, 0) is 49.2 Å². The van der Waals surface area contributed by atoms with Crippen molar-refractivity contribution in [3.63, 3.8) is 0 Å². The number of hydrogen-bond donors (Lipinski definition) is 0. The lowest BCUT2D eigenvalue weighted by atomic mass is 10.1. The van der Waals surface area contributed by atoms with Gasteiger partial charge < -0.3 is 9.64 Å². The van der Waals surface area contributed by atoms with Crippen LogP contribution in [0.15, 0.2) is 60.2 Å². The third-order valence-electron chi connectivity index (χ3n) is 5.49. The molecule has 0 saturated carbocycles. The van der Waals surface area contributed by atoms with E-state index < -0.39 is 11.7 Å². The minimum Gasteiger partial charge on any atom is -0.368 e. The second kappa shape index (κ2) is 11.2. The summed E-state index contributed by atoms with van der Waals surface area (Å²) in [5.41, 5.74) is 1.90. The molecule has 1 saturated heterocycles. The first kappa shape index (κ1) is 25.3. The molecule has 1 fully saturated rings. The van der Waals surface area contributed by atoms with Gasteiger partial charge in [0.2, 0.25) is 5.91 Å². The Hall–Kier alpha value is -2.35. The number of ether oxygens (including phenoxy) is 1. The summed E-state index contributed by atoms with van der Waals surface area (Å²) in [7, 11) is 0. The van der Waals surface area contributed by atoms with Crippen LogP contribution in [0, 0.1) is 0 Å². The summed E-state index contributed by atoms with van der Waals surface area (Å²) in [5, 5.41) is 0.617. The van der Waals surface area contributed by atoms with Gasteiger partial charge in [0.05, 0.1) is 18.3 Å². The standard InChI is InChI=1S/C25H28ClF3N2O2/c1-18(2)15-24(32)31-13-11-30(12-14-31)16-23(20-5-9-22(26)10-6-20)33-17-19-3-7-21(8-4-19)25(27,28)29/h3-10,15,23H,11-14,16-17H2,1-2H3. The number of rotatable bonds is 7. The Labute approximate surface area is 197 Å². The lowest BCUT2D eigenvalue weighted by Crippen LogP contribution is -2.49. The molecule has 8 heteroatoms. The molecule has 1 aliphatic heterocycles. The summed E-state index contributed by atoms with van der Waals surface area (Å²) in [6.07, 6.45) is -3.00. The van der Waals surface area contributed by atoms with E-state index in [4.69, 9.17) is 16.3 Å². The highest BCUT2D eigenvalue weighted by Gasteiger charge is 2.30. The van der Waals surface area contributed by atoms with Crippen LogP contribution in [0.1, 0.15) is 36.6 Å². The molecule has 0 radical (unpaired) electrons. The Kier molecular flexibility index (Phi) is 8.57. The van der Waals surface area contributed by atoms with Crippen molar-refractivity contribution in [2.75, 3.05) is 32.7 Å². The summed E-state index contributed by atoms with van der Waals surface area (Å²) >= 11 is 6.03. The van der Waals surface area contributed by atoms with E-state index in [1.807, 2.05) is 30.9 Å². The van der Waals surface area contributed by atoms with Gasteiger partial charge in [-0.2, -0.15) is 13.2 Å². The van der Waals surface area contributed by atoms with Crippen LogP contribution in [0.4, 0.5) is 13.2 Å². The molecule has 2 aromatic carbocycles. The monoisotopic (exact) mass is 480 g/mol. The van der Waals surface area contributed by atoms with Crippen LogP contribution in [0.3, 0.4) is 0 Å². The molecular formula is C25H28ClF3N2O2. The smallest absolute Gasteiger partial charge is 0.368 e. The van der Waals surface area contributed by atoms with Crippen LogP contribution >= 0.6 is 11.6 Å². The molecule has 3 rings (SSSR count). The van der Waals surface area contributed by atoms with Crippen LogP contribution in [-0.4, -0.2) is 48.4 Å². The van der Waals surface area contributed by atoms with Crippen molar-refractivity contribution < 1.29 is 22.7 Å². The Morgan fingerprint density at radius 3 is 2.18 bits per heavy atom. The number of piperazine rings is 1. The first-order valence-corrected chi connectivity index (χ1v) is 11.2. The van der Waals surface area contributed by atoms with E-state index in [2.05, 4.69) is 4.90 Å². The second-order valence-corrected chi connectivity index (χ2v) is 8.83. The largest absolute Gasteiger partial charge is 0.416 e. The molecule has 0 bridgehead atoms. The van der Waals surface area contributed by atoms with Gasteiger partial charge in [-0.3, -0.25) is 9.69 Å². The second-order valence-electron chi connectivity index (χ2n) is 8.39. The Balaban J connectivity index is 1.64. The number of amides is 1. The number of allylic oxidation sites excluding steroid dienone is 1. The molecule has 1 amide bonds. The highest BCUT2D eigenvalue weighted by molar-refractivity contribution is 6.30. The van der Waals surface area contributed by atoms with Crippen LogP contribution in [-0.2, 0) is 22.3 Å². The van der Waals surface area contributed by atoms with Gasteiger partial charge in [0.15, 0.2) is 0 Å². The highest BCUT2D eigenvalue weighted by Crippen LogP contribution is 2.29. The fourth-order valence-electron chi connectivity index (χ4n) is 3.64. The fraction of sp³-hybridized carbons (Fsp3) is 0.400. The maximum atomic E-state index is 12.8. The molecule has 0 N–H and O–H groups in total. The van der Waals surface area contributed by atoms with Crippen LogP contribution in [0.25, 0.3) is 0 Å². The van der Waals surface area contributed by atoms with Crippen molar-refractivity contribution in [2.45, 2.75) is 32.7 Å². The van der Waals surface area contributed by atoms with Gasteiger partial charge in [0.1, 0.15) is 0 Å². The molecule has 1 unspecified atom stereocenters. The SMILES string of the molecule is CC(C)=CC(=O)N1CCN(CC(OCc2ccc(C(F)(F)F)cc2)c2ccc(Cl)cc2)CC1. The summed E-state index contributed by atoms with van der Waals surface area (Å²) in [4.78, 5) is 16.3. The number of carbonyl (C=O) groups is 1. The molecule has 33 heavy (non-hydrogen) atoms. The Morgan fingerprint density at radius 1 is 1.03 bits per heavy atom. The minimum atomic E-state index is -4.36. The van der Waals surface area contributed by atoms with E-state index in [0.717, 1.165) is 36.4 Å². The quantitative estimate of drug-likeness (QED) is 0.475. The van der Waals surface area contributed by atoms with Gasteiger partial charge in [0, 0.05) is 43.8 Å². The predicted molar refractivity (Wildman–Crippen MR) is 123 cm³/mol. The van der Waals surface area contributed by atoms with Crippen molar-refractivity contribution in [1.82, 2.24) is 9.80 Å². The molecular weight excluding hydrogens is 453 g/mol. The fourth-order valence-corrected chi connectivity index (χ4v) is 3.77. The first-order chi connectivity index (χ1) is 15.6. The predicted octanol–water partition coefficient (Wildman–Crippen LogP) is 5.73. The summed E-state index contributed by atoms with van der Waals surface area (Å²) in [6.45, 7) is 7.30. The number of alkyl halides is 3. The molecule has 1 heterocycles. The molecule has 0 aliphatic carbocycles. The van der Waals surface area contributed by atoms with Crippen LogP contribution < -0.4 is 0 Å². The molecule has 178 valence electrons. The minimum absolute atomic E-state index is 0.0301. The van der Waals surface area contributed by atoms with Gasteiger partial charge in [-0.15, -0.1) is 0 Å². The maximum Gasteiger partial charge on any atom is 0.416 e. The average molecular weight is 481 g/mol. The first-order valence-electron chi connectivity index (χ1n) is 10.8. The van der Waals surface area contributed by atoms with E-state index in [1.165, 1.54) is 12.1 Å². The zero-order chi connectivity index (χ0) is 24.0. The van der Waals surface area contributed by atoms with E-state index in [-0.39, 0.29) is 18.6 Å². The van der Waals surface area contributed by atoms with E-state index in [9.17, 15) is 18.0 Å². The number of nitrogens with zero attached hydrogens (tertiary/aromatic N) is 2. The molecule has 0 aromatic heterocycles. The van der Waals surface area contributed by atoms with Gasteiger partial charge in [0.25, 0.3) is 0 Å². The van der Waals surface area contributed by atoms with E-state index >= 15 is 0 Å². The number of halogens is 4. The van der Waals surface area contributed by atoms with Gasteiger partial charge in [-0.1, -0.05) is 41.4 Å². The number of benzene rings is 2. The third kappa shape index (κ3) is 7.59. The Morgan fingerprint density at radius 2 is 1.64 bits per heavy atom. The van der Waals surface area contributed by atoms with Gasteiger partial charge in [-0.25, -0.2) is 0 Å². The van der Waals surface area contributed by atoms with Gasteiger partial charge >= 0.3 is 6.18 Å². The van der Waals surface area contributed by atoms with E-state index in [1.54, 1.807) is 18.2 Å². The normalized spacial score (nSPS) is 15.9. The summed E-state index contributed by atoms with van der Waals surface area (Å²) in [6, 6.07) is 12.4. The summed E-state index contributed by atoms with van der Waals surface area (Å²) < 4.78 is 44.6. The van der Waals surface area contributed by atoms with Crippen molar-refractivity contribution in [3.8, 4) is 0 Å². The lowest BCUT2D eigenvalue weighted by molar-refractivity contribution is -0.137. The maximum absolute atomic E-state index is 12.8. The molecule has 1 atom stereocenters. The lowest BCUT2D eigenvalue weighted by Gasteiger charge is -2.36. The molecule has 1 aliphatic rings. The highest BCUT2D eigenvalue weighted by atomic mass is 35.5. The molecule has 4 nitrogen and oxygen atoms in total. The van der Waals surface area contributed by atoms with E-state index in [0.29, 0.717) is 30.2 Å². The third-order valence-corrected chi connectivity index (χ3v) is 5.75. The van der Waals surface area contributed by atoms with Crippen molar-refractivity contribution in [3.05, 3.63) is 81.9 Å². The summed E-state index contributed by atoms with van der Waals surface area (Å²) in [5.74, 6) is 0.0301.